The number of esters is 1. The molecule has 1 saturated heterocycles. The number of nitrogens with one attached hydrogen (secondary N) is 1. The molecule has 2 aliphatic rings. The quantitative estimate of drug-likeness (QED) is 0.539. The van der Waals surface area contributed by atoms with Gasteiger partial charge in [-0.25, -0.2) is 4.39 Å². The Morgan fingerprint density at radius 1 is 1.36 bits per heavy atom. The summed E-state index contributed by atoms with van der Waals surface area (Å²) in [4.78, 5) is 14.7. The fraction of sp³-hybridized carbons (Fsp3) is 0.300. The molecule has 0 saturated carbocycles. The number of hydrogen-bond acceptors (Lipinski definition) is 4. The number of carbonyl (C=O) groups is 1. The average Bonchev–Trinajstić information content (AvgIpc) is 2.63. The van der Waals surface area contributed by atoms with Gasteiger partial charge in [-0.15, -0.1) is 0 Å². The van der Waals surface area contributed by atoms with Crippen molar-refractivity contribution in [3.05, 3.63) is 58.3 Å². The molecule has 4 rings (SSSR count). The van der Waals surface area contributed by atoms with E-state index in [1.54, 1.807) is 24.0 Å². The summed E-state index contributed by atoms with van der Waals surface area (Å²) in [6, 6.07) is 11.1. The van der Waals surface area contributed by atoms with E-state index in [9.17, 15) is 9.18 Å². The Hall–Kier alpha value is -2.19. The zero-order valence-electron chi connectivity index (χ0n) is 15.2. The molecule has 146 valence electrons. The lowest BCUT2D eigenvalue weighted by Crippen LogP contribution is -2.71. The zero-order chi connectivity index (χ0) is 20.1. The number of benzene rings is 2. The van der Waals surface area contributed by atoms with Crippen LogP contribution in [0.3, 0.4) is 0 Å². The molecule has 2 bridgehead atoms. The molecule has 0 aliphatic carbocycles. The summed E-state index contributed by atoms with van der Waals surface area (Å²) < 4.78 is 26.1. The van der Waals surface area contributed by atoms with Crippen molar-refractivity contribution in [2.24, 2.45) is 5.92 Å². The molecule has 28 heavy (non-hydrogen) atoms. The number of anilines is 1. The molecule has 1 fully saturated rings. The summed E-state index contributed by atoms with van der Waals surface area (Å²) >= 11 is 9.08. The van der Waals surface area contributed by atoms with Gasteiger partial charge in [0.15, 0.2) is 5.11 Å². The zero-order valence-corrected chi connectivity index (χ0v) is 17.6. The van der Waals surface area contributed by atoms with Crippen molar-refractivity contribution in [1.29, 1.82) is 0 Å². The van der Waals surface area contributed by atoms with Crippen molar-refractivity contribution in [2.45, 2.75) is 25.6 Å². The molecule has 0 spiro atoms. The lowest BCUT2D eigenvalue weighted by Gasteiger charge is -2.55. The molecule has 2 aliphatic heterocycles. The molecule has 8 heteroatoms. The first kappa shape index (κ1) is 19.1. The largest absolute Gasteiger partial charge is 0.466 e. The monoisotopic (exact) mass is 464 g/mol. The van der Waals surface area contributed by atoms with Gasteiger partial charge in [-0.05, 0) is 68.5 Å². The first-order valence-corrected chi connectivity index (χ1v) is 10.1. The fourth-order valence-electron chi connectivity index (χ4n) is 3.93. The number of rotatable bonds is 3. The van der Waals surface area contributed by atoms with E-state index in [1.807, 2.05) is 25.1 Å². The van der Waals surface area contributed by atoms with Crippen LogP contribution in [-0.4, -0.2) is 23.4 Å². The van der Waals surface area contributed by atoms with E-state index in [1.165, 1.54) is 12.1 Å². The van der Waals surface area contributed by atoms with Crippen LogP contribution in [0.1, 0.15) is 25.5 Å². The summed E-state index contributed by atoms with van der Waals surface area (Å²) in [5, 5.41) is 3.66. The average molecular weight is 465 g/mol. The van der Waals surface area contributed by atoms with Gasteiger partial charge in [0.25, 0.3) is 0 Å². The number of carbonyl (C=O) groups excluding carboxylic acids is 1. The minimum Gasteiger partial charge on any atom is -0.466 e. The van der Waals surface area contributed by atoms with Crippen LogP contribution < -0.4 is 15.0 Å². The summed E-state index contributed by atoms with van der Waals surface area (Å²) in [6.45, 7) is 3.83. The second-order valence-corrected chi connectivity index (χ2v) is 8.11. The first-order chi connectivity index (χ1) is 13.3. The van der Waals surface area contributed by atoms with E-state index >= 15 is 0 Å². The van der Waals surface area contributed by atoms with Crippen molar-refractivity contribution in [3.8, 4) is 5.75 Å². The molecule has 3 atom stereocenters. The number of nitrogens with zero attached hydrogens (tertiary/aromatic N) is 1. The maximum atomic E-state index is 13.5. The molecular formula is C20H18BrFN2O3S. The predicted molar refractivity (Wildman–Crippen MR) is 111 cm³/mol. The highest BCUT2D eigenvalue weighted by Gasteiger charge is 2.59. The van der Waals surface area contributed by atoms with Crippen LogP contribution in [0.4, 0.5) is 10.1 Å². The number of ether oxygens (including phenoxy) is 2. The van der Waals surface area contributed by atoms with Gasteiger partial charge in [-0.2, -0.15) is 0 Å². The number of hydrogen-bond donors (Lipinski definition) is 1. The van der Waals surface area contributed by atoms with E-state index < -0.39 is 17.7 Å². The third-order valence-electron chi connectivity index (χ3n) is 5.09. The Morgan fingerprint density at radius 2 is 2.07 bits per heavy atom. The molecule has 3 unspecified atom stereocenters. The van der Waals surface area contributed by atoms with Gasteiger partial charge < -0.3 is 14.8 Å². The van der Waals surface area contributed by atoms with E-state index in [0.717, 1.165) is 10.0 Å². The molecule has 5 nitrogen and oxygen atoms in total. The SMILES string of the molecule is CCOC(=O)C1C2NC(=S)N(c3ccc(F)cc3)C1(C)Oc1ccc(Br)cc12. The summed E-state index contributed by atoms with van der Waals surface area (Å²) in [6.07, 6.45) is 0. The molecule has 0 aromatic heterocycles. The van der Waals surface area contributed by atoms with E-state index in [-0.39, 0.29) is 18.4 Å². The molecule has 1 N–H and O–H groups in total. The first-order valence-electron chi connectivity index (χ1n) is 8.86. The van der Waals surface area contributed by atoms with Crippen molar-refractivity contribution in [3.63, 3.8) is 0 Å². The van der Waals surface area contributed by atoms with Crippen molar-refractivity contribution >= 4 is 44.9 Å². The third-order valence-corrected chi connectivity index (χ3v) is 5.88. The topological polar surface area (TPSA) is 50.8 Å². The van der Waals surface area contributed by atoms with Gasteiger partial charge in [-0.1, -0.05) is 15.9 Å². The lowest BCUT2D eigenvalue weighted by molar-refractivity contribution is -0.159. The minimum atomic E-state index is -1.14. The van der Waals surface area contributed by atoms with Gasteiger partial charge in [0, 0.05) is 15.7 Å². The van der Waals surface area contributed by atoms with Gasteiger partial charge in [-0.3, -0.25) is 9.69 Å². The molecular weight excluding hydrogens is 447 g/mol. The molecule has 2 aromatic carbocycles. The van der Waals surface area contributed by atoms with Crippen molar-refractivity contribution < 1.29 is 18.7 Å². The summed E-state index contributed by atoms with van der Waals surface area (Å²) in [7, 11) is 0. The Labute approximate surface area is 175 Å². The van der Waals surface area contributed by atoms with Crippen LogP contribution in [0, 0.1) is 11.7 Å². The minimum absolute atomic E-state index is 0.254. The van der Waals surface area contributed by atoms with Gasteiger partial charge in [0.1, 0.15) is 17.5 Å². The van der Waals surface area contributed by atoms with Crippen LogP contribution in [0.2, 0.25) is 0 Å². The van der Waals surface area contributed by atoms with Crippen LogP contribution in [-0.2, 0) is 9.53 Å². The predicted octanol–water partition coefficient (Wildman–Crippen LogP) is 4.31. The van der Waals surface area contributed by atoms with Crippen LogP contribution in [0.25, 0.3) is 0 Å². The second kappa shape index (κ2) is 7.00. The third kappa shape index (κ3) is 2.95. The Kier molecular flexibility index (Phi) is 4.79. The fourth-order valence-corrected chi connectivity index (χ4v) is 4.72. The van der Waals surface area contributed by atoms with Crippen molar-refractivity contribution in [2.75, 3.05) is 11.5 Å². The normalized spacial score (nSPS) is 25.4. The van der Waals surface area contributed by atoms with Gasteiger partial charge in [0.05, 0.1) is 12.6 Å². The van der Waals surface area contributed by atoms with Crippen LogP contribution in [0.15, 0.2) is 46.9 Å². The highest BCUT2D eigenvalue weighted by atomic mass is 79.9. The molecule has 2 aromatic rings. The Balaban J connectivity index is 1.89. The Morgan fingerprint density at radius 3 is 2.75 bits per heavy atom. The van der Waals surface area contributed by atoms with Gasteiger partial charge in [0.2, 0.25) is 5.72 Å². The van der Waals surface area contributed by atoms with E-state index in [4.69, 9.17) is 21.7 Å². The number of halogens is 2. The summed E-state index contributed by atoms with van der Waals surface area (Å²) in [5.41, 5.74) is 0.304. The van der Waals surface area contributed by atoms with E-state index in [0.29, 0.717) is 16.5 Å². The maximum absolute atomic E-state index is 13.5. The van der Waals surface area contributed by atoms with E-state index in [2.05, 4.69) is 21.2 Å². The Bertz CT molecular complexity index is 955. The number of fused-ring (bicyclic) bond motifs is 4. The van der Waals surface area contributed by atoms with Gasteiger partial charge >= 0.3 is 5.97 Å². The lowest BCUT2D eigenvalue weighted by atomic mass is 9.79. The number of thiocarbonyl (C=S) groups is 1. The van der Waals surface area contributed by atoms with Crippen molar-refractivity contribution in [1.82, 2.24) is 5.32 Å². The second-order valence-electron chi connectivity index (χ2n) is 6.81. The molecule has 2 heterocycles. The highest BCUT2D eigenvalue weighted by Crippen LogP contribution is 2.50. The smallest absolute Gasteiger partial charge is 0.317 e. The summed E-state index contributed by atoms with van der Waals surface area (Å²) in [5.74, 6) is -0.781. The highest BCUT2D eigenvalue weighted by molar-refractivity contribution is 9.10. The standard InChI is InChI=1S/C20H18BrFN2O3S/c1-3-26-18(25)16-17-14-10-11(21)4-9-15(14)27-20(16,2)24(19(28)23-17)13-7-5-12(22)6-8-13/h4-10,16-17H,3H2,1-2H3,(H,23,28). The van der Waals surface area contributed by atoms with Crippen LogP contribution in [0.5, 0.6) is 5.75 Å². The molecule has 0 amide bonds. The molecule has 0 radical (unpaired) electrons. The van der Waals surface area contributed by atoms with Crippen LogP contribution >= 0.6 is 28.1 Å². The maximum Gasteiger partial charge on any atom is 0.317 e.